The van der Waals surface area contributed by atoms with Crippen molar-refractivity contribution in [3.05, 3.63) is 65.5 Å². The van der Waals surface area contributed by atoms with Crippen LogP contribution in [0.2, 0.25) is 0 Å². The number of ether oxygens (including phenoxy) is 4. The standard InChI is InChI=1S/C75H113FN10O18S/c1-15-45(8)65(57(102-13)36-60(90)86-39-51(101-12)34-54(86)67(103-14)46(9)68(94)79-38-56(88)48-25-27-49(76)28-26-48)84(10)72(98)63(43(4)5)83-71(97)64(44(6)7)85(11)74(100)104-40-47-23-29-50(30-24-47)80-69(95)53(21-19-33-78-73(77)99)81-70(96)62(42(2)3)82-59(89)22-18-16-17-20-52-55(87)35-58(66(52)93)105-41-75(31-32-75)37-61(91)92/h23-30,42-46,51-54,57-58,62-65,67H,15-22,31-41H2,1-14H3,(H,79,94)(H,80,95)(H,81,96)(H,82,89)(H,83,97)(H,91,92)(H3,77,78,99)/t45-,46+,51+,52?,53-,54-,57+,58?,62-,63-,64-,65-,67+/m0/s1. The average Bonchev–Trinajstić information content (AvgIpc) is 1.73. The summed E-state index contributed by atoms with van der Waals surface area (Å²) in [6, 6.07) is 4.76. The van der Waals surface area contributed by atoms with E-state index in [9.17, 15) is 71.8 Å². The minimum Gasteiger partial charge on any atom is -0.481 e. The summed E-state index contributed by atoms with van der Waals surface area (Å²) < 4.78 is 37.0. The van der Waals surface area contributed by atoms with Crippen molar-refractivity contribution < 1.29 is 90.8 Å². The molecule has 0 aromatic heterocycles. The molecule has 30 heteroatoms. The first-order valence-electron chi connectivity index (χ1n) is 36.4. The van der Waals surface area contributed by atoms with E-state index in [1.54, 1.807) is 84.7 Å². The fourth-order valence-corrected chi connectivity index (χ4v) is 15.3. The van der Waals surface area contributed by atoms with Crippen molar-refractivity contribution in [2.45, 2.75) is 219 Å². The predicted octanol–water partition coefficient (Wildman–Crippen LogP) is 6.58. The molecule has 9 N–H and O–H groups in total. The Morgan fingerprint density at radius 2 is 1.42 bits per heavy atom. The lowest BCUT2D eigenvalue weighted by Crippen LogP contribution is -2.60. The maximum absolute atomic E-state index is 14.9. The second-order valence-electron chi connectivity index (χ2n) is 29.3. The van der Waals surface area contributed by atoms with E-state index in [0.717, 1.165) is 29.9 Å². The summed E-state index contributed by atoms with van der Waals surface area (Å²) in [6.45, 7) is 15.7. The number of halogens is 1. The highest BCUT2D eigenvalue weighted by Crippen LogP contribution is 2.52. The fourth-order valence-electron chi connectivity index (χ4n) is 13.7. The number of nitrogens with two attached hydrogens (primary N) is 1. The number of ketones is 3. The molecule has 2 unspecified atom stereocenters. The van der Waals surface area contributed by atoms with Crippen molar-refractivity contribution in [3.63, 3.8) is 0 Å². The summed E-state index contributed by atoms with van der Waals surface area (Å²) >= 11 is 1.38. The lowest BCUT2D eigenvalue weighted by molar-refractivity contribution is -0.148. The number of carboxylic acids is 1. The van der Waals surface area contributed by atoms with E-state index in [2.05, 4.69) is 31.9 Å². The molecule has 1 aliphatic heterocycles. The Morgan fingerprint density at radius 3 is 1.99 bits per heavy atom. The minimum absolute atomic E-state index is 0.0526. The first kappa shape index (κ1) is 87.5. The number of rotatable bonds is 44. The van der Waals surface area contributed by atoms with Crippen molar-refractivity contribution in [3.8, 4) is 0 Å². The number of amides is 10. The van der Waals surface area contributed by atoms with Crippen molar-refractivity contribution in [2.24, 2.45) is 46.7 Å². The van der Waals surface area contributed by atoms with Gasteiger partial charge in [0.2, 0.25) is 41.4 Å². The summed E-state index contributed by atoms with van der Waals surface area (Å²) in [5.74, 6) is -8.24. The third-order valence-corrected chi connectivity index (χ3v) is 22.0. The van der Waals surface area contributed by atoms with Gasteiger partial charge in [0.25, 0.3) is 0 Å². The molecule has 1 saturated heterocycles. The summed E-state index contributed by atoms with van der Waals surface area (Å²) in [6.07, 6.45) is 1.73. The number of carbonyl (C=O) groups excluding carboxylic acids is 12. The Morgan fingerprint density at radius 1 is 0.762 bits per heavy atom. The third-order valence-electron chi connectivity index (χ3n) is 20.4. The number of hydrogen-bond donors (Lipinski definition) is 8. The molecule has 28 nitrogen and oxygen atoms in total. The molecule has 0 spiro atoms. The normalized spacial score (nSPS) is 19.4. The van der Waals surface area contributed by atoms with Crippen molar-refractivity contribution >= 4 is 94.2 Å². The number of methoxy groups -OCH3 is 3. The molecule has 3 aliphatic rings. The number of nitrogens with one attached hydrogen (secondary N) is 6. The Kier molecular flexibility index (Phi) is 34.8. The maximum Gasteiger partial charge on any atom is 0.410 e. The molecule has 2 aromatic rings. The number of anilines is 1. The predicted molar refractivity (Wildman–Crippen MR) is 391 cm³/mol. The van der Waals surface area contributed by atoms with E-state index in [1.165, 1.54) is 57.2 Å². The van der Waals surface area contributed by atoms with Gasteiger partial charge in [-0.3, -0.25) is 57.6 Å². The molecule has 0 radical (unpaired) electrons. The van der Waals surface area contributed by atoms with Crippen molar-refractivity contribution in [1.82, 2.24) is 41.3 Å². The van der Waals surface area contributed by atoms with Gasteiger partial charge >= 0.3 is 18.1 Å². The van der Waals surface area contributed by atoms with Crippen LogP contribution in [0.4, 0.5) is 19.7 Å². The molecule has 584 valence electrons. The summed E-state index contributed by atoms with van der Waals surface area (Å²) in [5.41, 5.74) is 6.01. The minimum atomic E-state index is -1.14. The van der Waals surface area contributed by atoms with Gasteiger partial charge in [0, 0.05) is 78.4 Å². The van der Waals surface area contributed by atoms with Crippen LogP contribution in [0.25, 0.3) is 0 Å². The monoisotopic (exact) mass is 1490 g/mol. The number of hydrogen-bond acceptors (Lipinski definition) is 18. The number of benzene rings is 2. The first-order chi connectivity index (χ1) is 49.6. The zero-order chi connectivity index (χ0) is 78.2. The van der Waals surface area contributed by atoms with Gasteiger partial charge in [-0.1, -0.05) is 93.7 Å². The molecule has 0 bridgehead atoms. The molecule has 10 amide bonds. The lowest BCUT2D eigenvalue weighted by atomic mass is 9.89. The van der Waals surface area contributed by atoms with Crippen molar-refractivity contribution in [1.29, 1.82) is 0 Å². The van der Waals surface area contributed by atoms with E-state index in [0.29, 0.717) is 55.5 Å². The maximum atomic E-state index is 14.9. The van der Waals surface area contributed by atoms with Gasteiger partial charge in [-0.25, -0.2) is 14.0 Å². The second kappa shape index (κ2) is 41.7. The van der Waals surface area contributed by atoms with Crippen LogP contribution in [-0.4, -0.2) is 217 Å². The van der Waals surface area contributed by atoms with Crippen LogP contribution in [0.15, 0.2) is 48.5 Å². The van der Waals surface area contributed by atoms with Gasteiger partial charge in [-0.2, -0.15) is 0 Å². The number of carboxylic acid groups (broad SMARTS) is 1. The number of nitrogens with zero attached hydrogens (tertiary/aromatic N) is 3. The Bertz CT molecular complexity index is 3320. The van der Waals surface area contributed by atoms with Gasteiger partial charge in [0.05, 0.1) is 66.9 Å². The number of thioether (sulfide) groups is 1. The Balaban J connectivity index is 1.15. The van der Waals surface area contributed by atoms with E-state index in [4.69, 9.17) is 24.7 Å². The van der Waals surface area contributed by atoms with Crippen molar-refractivity contribution in [2.75, 3.05) is 66.1 Å². The molecule has 105 heavy (non-hydrogen) atoms. The molecule has 2 aliphatic carbocycles. The average molecular weight is 1490 g/mol. The molecule has 2 saturated carbocycles. The van der Waals surface area contributed by atoms with E-state index < -0.39 is 155 Å². The highest BCUT2D eigenvalue weighted by molar-refractivity contribution is 8.00. The number of aliphatic carboxylic acids is 1. The van der Waals surface area contributed by atoms with Gasteiger partial charge < -0.3 is 71.5 Å². The molecular formula is C75H113FN10O18S. The Labute approximate surface area is 620 Å². The number of likely N-dealkylation sites (tertiary alicyclic amines) is 1. The number of unbranched alkanes of at least 4 members (excludes halogenated alkanes) is 2. The van der Waals surface area contributed by atoms with E-state index in [1.807, 2.05) is 13.8 Å². The summed E-state index contributed by atoms with van der Waals surface area (Å²) in [4.78, 5) is 178. The van der Waals surface area contributed by atoms with Gasteiger partial charge in [-0.15, -0.1) is 11.8 Å². The fraction of sp³-hybridized carbons (Fsp3) is 0.667. The number of urea groups is 1. The summed E-state index contributed by atoms with van der Waals surface area (Å²) in [5, 5.41) is 25.2. The first-order valence-corrected chi connectivity index (χ1v) is 37.5. The number of likely N-dealkylation sites (N-methyl/N-ethyl adjacent to an activating group) is 2. The number of Topliss-reactive ketones (excluding diaryl/α,β-unsaturated/α-hetero) is 3. The van der Waals surface area contributed by atoms with Gasteiger partial charge in [0.1, 0.15) is 42.4 Å². The van der Waals surface area contributed by atoms with Gasteiger partial charge in [-0.05, 0) is 116 Å². The molecule has 3 fully saturated rings. The zero-order valence-corrected chi connectivity index (χ0v) is 64.2. The van der Waals surface area contributed by atoms with Crippen LogP contribution >= 0.6 is 11.8 Å². The van der Waals surface area contributed by atoms with Crippen LogP contribution < -0.4 is 37.6 Å². The van der Waals surface area contributed by atoms with Crippen LogP contribution in [0.5, 0.6) is 0 Å². The third kappa shape index (κ3) is 25.8. The SMILES string of the molecule is CC[C@H](C)[C@@H]([C@@H](CC(=O)N1C[C@H](OC)C[C@H]1[C@H](OC)[C@@H](C)C(=O)NCC(=O)c1ccc(F)cc1)OC)N(C)C(=O)[C@@H](NC(=O)[C@H](C(C)C)N(C)C(=O)OCc1ccc(NC(=O)[C@H](CCCNC(N)=O)NC(=O)[C@@H](NC(=O)CCCCCC2C(=O)CC(SCC3(CC(=O)O)CC3)C2=O)C(C)C)cc1)C(C)C. The topological polar surface area (TPSA) is 387 Å². The quantitative estimate of drug-likeness (QED) is 0.0197. The largest absolute Gasteiger partial charge is 0.481 e. The van der Waals surface area contributed by atoms with Crippen LogP contribution in [0, 0.1) is 46.7 Å². The zero-order valence-electron chi connectivity index (χ0n) is 63.4. The summed E-state index contributed by atoms with van der Waals surface area (Å²) in [7, 11) is 7.42. The molecule has 2 aromatic carbocycles. The smallest absolute Gasteiger partial charge is 0.410 e. The lowest BCUT2D eigenvalue weighted by Gasteiger charge is -2.41. The molecular weight excluding hydrogens is 1380 g/mol. The van der Waals surface area contributed by atoms with E-state index >= 15 is 0 Å². The molecule has 13 atom stereocenters. The Hall–Kier alpha value is -8.09. The number of carbonyl (C=O) groups is 13. The second-order valence-corrected chi connectivity index (χ2v) is 30.5. The van der Waals surface area contributed by atoms with Crippen LogP contribution in [0.3, 0.4) is 0 Å². The van der Waals surface area contributed by atoms with Gasteiger partial charge in [0.15, 0.2) is 11.6 Å². The van der Waals surface area contributed by atoms with Crippen LogP contribution in [-0.2, 0) is 73.5 Å². The van der Waals surface area contributed by atoms with Crippen LogP contribution in [0.1, 0.15) is 168 Å². The molecule has 1 heterocycles. The highest BCUT2D eigenvalue weighted by atomic mass is 32.2. The van der Waals surface area contributed by atoms with E-state index in [-0.39, 0.29) is 99.1 Å². The highest BCUT2D eigenvalue weighted by Gasteiger charge is 2.49. The molecule has 5 rings (SSSR count). The number of primary amides is 1.